The number of benzene rings is 1. The number of ketones is 1. The number of thiophene rings is 1. The molecule has 1 aliphatic heterocycles. The Balaban J connectivity index is 1.80. The fourth-order valence-electron chi connectivity index (χ4n) is 2.36. The van der Waals surface area contributed by atoms with Gasteiger partial charge in [-0.1, -0.05) is 23.7 Å². The second kappa shape index (κ2) is 5.45. The second-order valence-corrected chi connectivity index (χ2v) is 6.52. The first kappa shape index (κ1) is 12.9. The van der Waals surface area contributed by atoms with Crippen LogP contribution in [0.4, 0.5) is 0 Å². The first-order chi connectivity index (χ1) is 9.22. The highest BCUT2D eigenvalue weighted by Crippen LogP contribution is 2.23. The molecule has 0 spiro atoms. The number of fused-ring (bicyclic) bond motifs is 1. The predicted octanol–water partition coefficient (Wildman–Crippen LogP) is 3.47. The number of rotatable bonds is 3. The summed E-state index contributed by atoms with van der Waals surface area (Å²) >= 11 is 7.36. The van der Waals surface area contributed by atoms with Crippen LogP contribution in [0.15, 0.2) is 30.3 Å². The minimum absolute atomic E-state index is 0.159. The zero-order chi connectivity index (χ0) is 13.2. The zero-order valence-electron chi connectivity index (χ0n) is 10.4. The highest BCUT2D eigenvalue weighted by atomic mass is 35.5. The van der Waals surface area contributed by atoms with Crippen molar-refractivity contribution in [3.05, 3.63) is 56.2 Å². The number of halogens is 1. The second-order valence-electron chi connectivity index (χ2n) is 4.72. The minimum atomic E-state index is 0.159. The summed E-state index contributed by atoms with van der Waals surface area (Å²) in [5, 5.41) is 3.33. The molecule has 19 heavy (non-hydrogen) atoms. The maximum absolute atomic E-state index is 12.3. The van der Waals surface area contributed by atoms with Gasteiger partial charge in [-0.25, -0.2) is 0 Å². The minimum Gasteiger partial charge on any atom is -0.312 e. The summed E-state index contributed by atoms with van der Waals surface area (Å²) in [4.78, 5) is 13.3. The molecule has 0 fully saturated rings. The molecule has 1 aromatic heterocycles. The fourth-order valence-corrected chi connectivity index (χ4v) is 3.45. The molecule has 0 saturated carbocycles. The van der Waals surface area contributed by atoms with Gasteiger partial charge >= 0.3 is 0 Å². The summed E-state index contributed by atoms with van der Waals surface area (Å²) in [5.74, 6) is 0.159. The summed E-state index contributed by atoms with van der Waals surface area (Å²) in [5.41, 5.74) is 3.41. The lowest BCUT2D eigenvalue weighted by Gasteiger charge is -2.17. The number of Topliss-reactive ketones (excluding diaryl/α,β-unsaturated/α-hetero) is 1. The fraction of sp³-hybridized carbons (Fsp3) is 0.267. The molecule has 3 rings (SSSR count). The SMILES string of the molecule is O=C(Cc1ccc(Cl)s1)c1ccc2c(c1)CNCC2. The molecule has 0 amide bonds. The third kappa shape index (κ3) is 2.89. The molecular formula is C15H14ClNOS. The van der Waals surface area contributed by atoms with Crippen molar-refractivity contribution < 1.29 is 4.79 Å². The lowest BCUT2D eigenvalue weighted by atomic mass is 9.96. The highest BCUT2D eigenvalue weighted by molar-refractivity contribution is 7.16. The standard InChI is InChI=1S/C15H14ClNOS/c16-15-4-3-13(19-15)8-14(18)11-2-1-10-5-6-17-9-12(10)7-11/h1-4,7,17H,5-6,8-9H2. The van der Waals surface area contributed by atoms with Gasteiger partial charge in [-0.15, -0.1) is 11.3 Å². The van der Waals surface area contributed by atoms with E-state index in [1.807, 2.05) is 24.3 Å². The number of nitrogens with one attached hydrogen (secondary N) is 1. The quantitative estimate of drug-likeness (QED) is 0.877. The summed E-state index contributed by atoms with van der Waals surface area (Å²) in [6, 6.07) is 9.82. The van der Waals surface area contributed by atoms with Crippen LogP contribution in [0.2, 0.25) is 4.34 Å². The molecule has 2 nitrogen and oxygen atoms in total. The van der Waals surface area contributed by atoms with E-state index in [0.717, 1.165) is 34.3 Å². The van der Waals surface area contributed by atoms with E-state index in [4.69, 9.17) is 11.6 Å². The van der Waals surface area contributed by atoms with E-state index < -0.39 is 0 Å². The summed E-state index contributed by atoms with van der Waals surface area (Å²) in [7, 11) is 0. The molecule has 0 bridgehead atoms. The summed E-state index contributed by atoms with van der Waals surface area (Å²) in [6.07, 6.45) is 1.48. The highest BCUT2D eigenvalue weighted by Gasteiger charge is 2.13. The molecule has 2 aromatic rings. The Labute approximate surface area is 121 Å². The zero-order valence-corrected chi connectivity index (χ0v) is 12.0. The number of hydrogen-bond donors (Lipinski definition) is 1. The van der Waals surface area contributed by atoms with Gasteiger partial charge in [-0.05, 0) is 42.3 Å². The van der Waals surface area contributed by atoms with Gasteiger partial charge in [0.1, 0.15) is 0 Å². The van der Waals surface area contributed by atoms with E-state index in [1.54, 1.807) is 0 Å². The molecule has 0 saturated heterocycles. The number of carbonyl (C=O) groups is 1. The van der Waals surface area contributed by atoms with Gasteiger partial charge in [-0.2, -0.15) is 0 Å². The number of carbonyl (C=O) groups excluding carboxylic acids is 1. The summed E-state index contributed by atoms with van der Waals surface area (Å²) in [6.45, 7) is 1.88. The average molecular weight is 292 g/mol. The Morgan fingerprint density at radius 2 is 2.16 bits per heavy atom. The first-order valence-electron chi connectivity index (χ1n) is 6.32. The van der Waals surface area contributed by atoms with Crippen LogP contribution in [-0.2, 0) is 19.4 Å². The molecule has 0 unspecified atom stereocenters. The third-order valence-corrected chi connectivity index (χ3v) is 4.61. The summed E-state index contributed by atoms with van der Waals surface area (Å²) < 4.78 is 0.734. The molecule has 1 aromatic carbocycles. The van der Waals surface area contributed by atoms with E-state index in [2.05, 4.69) is 11.4 Å². The third-order valence-electron chi connectivity index (χ3n) is 3.38. The van der Waals surface area contributed by atoms with Gasteiger partial charge < -0.3 is 5.32 Å². The van der Waals surface area contributed by atoms with Crippen LogP contribution >= 0.6 is 22.9 Å². The largest absolute Gasteiger partial charge is 0.312 e. The maximum Gasteiger partial charge on any atom is 0.168 e. The maximum atomic E-state index is 12.3. The van der Waals surface area contributed by atoms with Crippen molar-refractivity contribution in [2.45, 2.75) is 19.4 Å². The van der Waals surface area contributed by atoms with Crippen molar-refractivity contribution in [2.75, 3.05) is 6.54 Å². The van der Waals surface area contributed by atoms with E-state index in [-0.39, 0.29) is 5.78 Å². The van der Waals surface area contributed by atoms with E-state index >= 15 is 0 Å². The van der Waals surface area contributed by atoms with Crippen molar-refractivity contribution in [1.29, 1.82) is 0 Å². The van der Waals surface area contributed by atoms with Crippen molar-refractivity contribution >= 4 is 28.7 Å². The molecule has 98 valence electrons. The molecule has 1 aliphatic rings. The molecule has 0 aliphatic carbocycles. The van der Waals surface area contributed by atoms with Crippen LogP contribution in [-0.4, -0.2) is 12.3 Å². The Hall–Kier alpha value is -1.16. The smallest absolute Gasteiger partial charge is 0.168 e. The van der Waals surface area contributed by atoms with Gasteiger partial charge in [0.05, 0.1) is 4.34 Å². The molecular weight excluding hydrogens is 278 g/mol. The van der Waals surface area contributed by atoms with Gasteiger partial charge in [0, 0.05) is 23.4 Å². The van der Waals surface area contributed by atoms with E-state index in [9.17, 15) is 4.79 Å². The predicted molar refractivity (Wildman–Crippen MR) is 79.2 cm³/mol. The van der Waals surface area contributed by atoms with Crippen LogP contribution in [0.3, 0.4) is 0 Å². The lowest BCUT2D eigenvalue weighted by molar-refractivity contribution is 0.0993. The molecule has 0 atom stereocenters. The Bertz CT molecular complexity index is 620. The van der Waals surface area contributed by atoms with Crippen molar-refractivity contribution in [3.8, 4) is 0 Å². The average Bonchev–Trinajstić information content (AvgIpc) is 2.83. The normalized spacial score (nSPS) is 14.2. The van der Waals surface area contributed by atoms with Crippen LogP contribution in [0, 0.1) is 0 Å². The van der Waals surface area contributed by atoms with Gasteiger partial charge in [-0.3, -0.25) is 4.79 Å². The molecule has 2 heterocycles. The van der Waals surface area contributed by atoms with Crippen molar-refractivity contribution in [2.24, 2.45) is 0 Å². The van der Waals surface area contributed by atoms with E-state index in [0.29, 0.717) is 6.42 Å². The lowest BCUT2D eigenvalue weighted by Crippen LogP contribution is -2.23. The Morgan fingerprint density at radius 3 is 2.95 bits per heavy atom. The van der Waals surface area contributed by atoms with Gasteiger partial charge in [0.15, 0.2) is 5.78 Å². The molecule has 4 heteroatoms. The van der Waals surface area contributed by atoms with Crippen LogP contribution < -0.4 is 5.32 Å². The molecule has 1 N–H and O–H groups in total. The van der Waals surface area contributed by atoms with Gasteiger partial charge in [0.25, 0.3) is 0 Å². The molecule has 0 radical (unpaired) electrons. The first-order valence-corrected chi connectivity index (χ1v) is 7.52. The van der Waals surface area contributed by atoms with Crippen LogP contribution in [0.5, 0.6) is 0 Å². The topological polar surface area (TPSA) is 29.1 Å². The number of hydrogen-bond acceptors (Lipinski definition) is 3. The van der Waals surface area contributed by atoms with Crippen LogP contribution in [0.1, 0.15) is 26.4 Å². The van der Waals surface area contributed by atoms with Crippen molar-refractivity contribution in [3.63, 3.8) is 0 Å². The van der Waals surface area contributed by atoms with E-state index in [1.165, 1.54) is 22.5 Å². The van der Waals surface area contributed by atoms with Crippen molar-refractivity contribution in [1.82, 2.24) is 5.32 Å². The van der Waals surface area contributed by atoms with Crippen LogP contribution in [0.25, 0.3) is 0 Å². The van der Waals surface area contributed by atoms with Gasteiger partial charge in [0.2, 0.25) is 0 Å². The Kier molecular flexibility index (Phi) is 3.69. The monoisotopic (exact) mass is 291 g/mol. The Morgan fingerprint density at radius 1 is 1.26 bits per heavy atom.